The van der Waals surface area contributed by atoms with Gasteiger partial charge >= 0.3 is 0 Å². The number of thioether (sulfide) groups is 1. The van der Waals surface area contributed by atoms with E-state index in [4.69, 9.17) is 0 Å². The molecule has 1 aliphatic rings. The number of aliphatic hydroxyl groups is 1. The second-order valence-corrected chi connectivity index (χ2v) is 6.87. The number of nitrogens with one attached hydrogen (secondary N) is 2. The van der Waals surface area contributed by atoms with Crippen LogP contribution in [0.3, 0.4) is 0 Å². The monoisotopic (exact) mass is 301 g/mol. The molecule has 5 heteroatoms. The molecule has 1 fully saturated rings. The molecule has 0 aromatic carbocycles. The molecule has 0 amide bonds. The molecule has 0 heterocycles. The third kappa shape index (κ3) is 5.92. The van der Waals surface area contributed by atoms with Crippen LogP contribution in [0.1, 0.15) is 46.0 Å². The van der Waals surface area contributed by atoms with Gasteiger partial charge in [0.15, 0.2) is 5.96 Å². The van der Waals surface area contributed by atoms with E-state index in [2.05, 4.69) is 35.7 Å². The van der Waals surface area contributed by atoms with Crippen molar-refractivity contribution in [1.29, 1.82) is 0 Å². The lowest BCUT2D eigenvalue weighted by molar-refractivity contribution is 0.00716. The third-order valence-corrected chi connectivity index (χ3v) is 4.74. The lowest BCUT2D eigenvalue weighted by Gasteiger charge is -2.37. The first kappa shape index (κ1) is 17.6. The number of nitrogens with zero attached hydrogens (tertiary/aromatic N) is 1. The number of aliphatic hydroxyl groups excluding tert-OH is 1. The van der Waals surface area contributed by atoms with Crippen LogP contribution in [0.2, 0.25) is 0 Å². The maximum atomic E-state index is 10.2. The summed E-state index contributed by atoms with van der Waals surface area (Å²) in [5.41, 5.74) is -0.0557. The largest absolute Gasteiger partial charge is 0.392 e. The molecule has 0 bridgehead atoms. The van der Waals surface area contributed by atoms with Crippen molar-refractivity contribution in [2.75, 3.05) is 31.6 Å². The van der Waals surface area contributed by atoms with Gasteiger partial charge in [0.25, 0.3) is 0 Å². The molecule has 1 saturated carbocycles. The predicted molar refractivity (Wildman–Crippen MR) is 89.6 cm³/mol. The number of aliphatic imine (C=N–C) groups is 1. The van der Waals surface area contributed by atoms with Gasteiger partial charge in [-0.3, -0.25) is 4.99 Å². The predicted octanol–water partition coefficient (Wildman–Crippen LogP) is 2.24. The molecule has 0 saturated heterocycles. The van der Waals surface area contributed by atoms with E-state index in [-0.39, 0.29) is 11.5 Å². The zero-order valence-corrected chi connectivity index (χ0v) is 14.1. The van der Waals surface area contributed by atoms with Crippen LogP contribution in [-0.4, -0.2) is 48.8 Å². The number of guanidine groups is 1. The molecule has 0 radical (unpaired) electrons. The molecular weight excluding hydrogens is 270 g/mol. The Morgan fingerprint density at radius 1 is 1.40 bits per heavy atom. The van der Waals surface area contributed by atoms with Gasteiger partial charge in [0, 0.05) is 18.5 Å². The molecule has 0 spiro atoms. The van der Waals surface area contributed by atoms with Crippen LogP contribution >= 0.6 is 11.8 Å². The minimum absolute atomic E-state index is 0.0557. The van der Waals surface area contributed by atoms with Crippen LogP contribution in [0.25, 0.3) is 0 Å². The summed E-state index contributed by atoms with van der Waals surface area (Å²) in [5, 5.41) is 16.9. The molecule has 1 rings (SSSR count). The normalized spacial score (nSPS) is 27.4. The van der Waals surface area contributed by atoms with Crippen molar-refractivity contribution in [3.05, 3.63) is 0 Å². The Bertz CT molecular complexity index is 299. The average molecular weight is 301 g/mol. The summed E-state index contributed by atoms with van der Waals surface area (Å²) in [6.07, 6.45) is 7.41. The minimum Gasteiger partial charge on any atom is -0.392 e. The summed E-state index contributed by atoms with van der Waals surface area (Å²) in [6.45, 7) is 6.76. The molecular formula is C15H31N3OS. The topological polar surface area (TPSA) is 56.7 Å². The third-order valence-electron chi connectivity index (χ3n) is 4.04. The van der Waals surface area contributed by atoms with Crippen molar-refractivity contribution in [2.24, 2.45) is 10.4 Å². The fraction of sp³-hybridized carbons (Fsp3) is 0.933. The first-order chi connectivity index (χ1) is 9.62. The molecule has 20 heavy (non-hydrogen) atoms. The molecule has 1 aliphatic carbocycles. The van der Waals surface area contributed by atoms with Gasteiger partial charge in [-0.1, -0.05) is 19.8 Å². The molecule has 118 valence electrons. The average Bonchev–Trinajstić information content (AvgIpc) is 2.44. The van der Waals surface area contributed by atoms with Gasteiger partial charge in [-0.05, 0) is 38.2 Å². The van der Waals surface area contributed by atoms with E-state index in [1.807, 2.05) is 11.8 Å². The van der Waals surface area contributed by atoms with Gasteiger partial charge in [0.05, 0.1) is 12.6 Å². The van der Waals surface area contributed by atoms with Gasteiger partial charge in [-0.15, -0.1) is 0 Å². The maximum Gasteiger partial charge on any atom is 0.191 e. The Morgan fingerprint density at radius 2 is 2.20 bits per heavy atom. The summed E-state index contributed by atoms with van der Waals surface area (Å²) in [4.78, 5) is 4.68. The second kappa shape index (κ2) is 9.50. The highest BCUT2D eigenvalue weighted by atomic mass is 32.2. The fourth-order valence-electron chi connectivity index (χ4n) is 2.59. The smallest absolute Gasteiger partial charge is 0.191 e. The number of hydrogen-bond donors (Lipinski definition) is 3. The van der Waals surface area contributed by atoms with Crippen LogP contribution in [0, 0.1) is 5.41 Å². The van der Waals surface area contributed by atoms with Crippen molar-refractivity contribution in [3.8, 4) is 0 Å². The standard InChI is InChI=1S/C15H31N3OS/c1-4-16-14(17-10-7-11-20-3)18-12-15(2)9-6-5-8-13(15)19/h13,19H,4-12H2,1-3H3,(H2,16,17,18). The van der Waals surface area contributed by atoms with Crippen LogP contribution in [0.5, 0.6) is 0 Å². The van der Waals surface area contributed by atoms with E-state index < -0.39 is 0 Å². The van der Waals surface area contributed by atoms with Crippen molar-refractivity contribution in [1.82, 2.24) is 10.6 Å². The number of rotatable bonds is 7. The molecule has 2 atom stereocenters. The lowest BCUT2D eigenvalue weighted by Crippen LogP contribution is -2.42. The summed E-state index contributed by atoms with van der Waals surface area (Å²) >= 11 is 1.87. The maximum absolute atomic E-state index is 10.2. The SMILES string of the molecule is CCNC(=NCC1(C)CCCCC1O)NCCCSC. The van der Waals surface area contributed by atoms with Crippen LogP contribution < -0.4 is 10.6 Å². The van der Waals surface area contributed by atoms with E-state index in [9.17, 15) is 5.11 Å². The van der Waals surface area contributed by atoms with E-state index in [1.54, 1.807) is 0 Å². The summed E-state index contributed by atoms with van der Waals surface area (Å²) < 4.78 is 0. The zero-order chi connectivity index (χ0) is 14.8. The number of hydrogen-bond acceptors (Lipinski definition) is 3. The highest BCUT2D eigenvalue weighted by molar-refractivity contribution is 7.98. The first-order valence-electron chi connectivity index (χ1n) is 7.81. The van der Waals surface area contributed by atoms with Crippen LogP contribution in [-0.2, 0) is 0 Å². The van der Waals surface area contributed by atoms with Gasteiger partial charge in [-0.25, -0.2) is 0 Å². The van der Waals surface area contributed by atoms with Crippen molar-refractivity contribution < 1.29 is 5.11 Å². The Morgan fingerprint density at radius 3 is 2.85 bits per heavy atom. The Hall–Kier alpha value is -0.420. The Labute approximate surface area is 128 Å². The van der Waals surface area contributed by atoms with E-state index >= 15 is 0 Å². The van der Waals surface area contributed by atoms with Crippen LogP contribution in [0.15, 0.2) is 4.99 Å². The quantitative estimate of drug-likeness (QED) is 0.383. The van der Waals surface area contributed by atoms with Crippen molar-refractivity contribution in [2.45, 2.75) is 52.1 Å². The molecule has 4 nitrogen and oxygen atoms in total. The van der Waals surface area contributed by atoms with Crippen molar-refractivity contribution >= 4 is 17.7 Å². The van der Waals surface area contributed by atoms with Crippen LogP contribution in [0.4, 0.5) is 0 Å². The fourth-order valence-corrected chi connectivity index (χ4v) is 3.02. The summed E-state index contributed by atoms with van der Waals surface area (Å²) in [5.74, 6) is 2.05. The van der Waals surface area contributed by atoms with E-state index in [0.29, 0.717) is 6.54 Å². The van der Waals surface area contributed by atoms with Gasteiger partial charge in [-0.2, -0.15) is 11.8 Å². The highest BCUT2D eigenvalue weighted by Gasteiger charge is 2.35. The van der Waals surface area contributed by atoms with E-state index in [1.165, 1.54) is 12.2 Å². The molecule has 0 aromatic rings. The molecule has 3 N–H and O–H groups in total. The lowest BCUT2D eigenvalue weighted by atomic mass is 9.73. The first-order valence-corrected chi connectivity index (χ1v) is 9.21. The molecule has 0 aromatic heterocycles. The Balaban J connectivity index is 2.47. The van der Waals surface area contributed by atoms with Gasteiger partial charge in [0.2, 0.25) is 0 Å². The van der Waals surface area contributed by atoms with Crippen molar-refractivity contribution in [3.63, 3.8) is 0 Å². The second-order valence-electron chi connectivity index (χ2n) is 5.88. The summed E-state index contributed by atoms with van der Waals surface area (Å²) in [6, 6.07) is 0. The van der Waals surface area contributed by atoms with Gasteiger partial charge in [0.1, 0.15) is 0 Å². The molecule has 2 unspecified atom stereocenters. The summed E-state index contributed by atoms with van der Waals surface area (Å²) in [7, 11) is 0. The Kier molecular flexibility index (Phi) is 8.38. The zero-order valence-electron chi connectivity index (χ0n) is 13.2. The van der Waals surface area contributed by atoms with Gasteiger partial charge < -0.3 is 15.7 Å². The van der Waals surface area contributed by atoms with E-state index in [0.717, 1.165) is 44.7 Å². The highest BCUT2D eigenvalue weighted by Crippen LogP contribution is 2.36. The minimum atomic E-state index is -0.209. The molecule has 0 aliphatic heterocycles.